The van der Waals surface area contributed by atoms with Crippen molar-refractivity contribution in [1.29, 1.82) is 0 Å². The predicted molar refractivity (Wildman–Crippen MR) is 102 cm³/mol. The fourth-order valence-corrected chi connectivity index (χ4v) is 3.24. The molecule has 2 aromatic carbocycles. The first kappa shape index (κ1) is 16.7. The van der Waals surface area contributed by atoms with Crippen LogP contribution in [0.25, 0.3) is 22.6 Å². The summed E-state index contributed by atoms with van der Waals surface area (Å²) in [4.78, 5) is 11.5. The molecule has 4 nitrogen and oxygen atoms in total. The van der Waals surface area contributed by atoms with Crippen molar-refractivity contribution in [3.8, 4) is 22.6 Å². The minimum Gasteiger partial charge on any atom is -0.356 e. The van der Waals surface area contributed by atoms with E-state index in [4.69, 9.17) is 5.73 Å². The molecule has 2 N–H and O–H groups in total. The number of nitrogens with zero attached hydrogens (tertiary/aromatic N) is 3. The number of benzene rings is 2. The quantitative estimate of drug-likeness (QED) is 0.780. The highest BCUT2D eigenvalue weighted by Crippen LogP contribution is 2.28. The molecule has 1 aromatic heterocycles. The highest BCUT2D eigenvalue weighted by atomic mass is 19.1. The van der Waals surface area contributed by atoms with Gasteiger partial charge in [0, 0.05) is 30.8 Å². The smallest absolute Gasteiger partial charge is 0.165 e. The van der Waals surface area contributed by atoms with Gasteiger partial charge in [-0.2, -0.15) is 0 Å². The van der Waals surface area contributed by atoms with Gasteiger partial charge in [0.05, 0.1) is 11.3 Å². The lowest BCUT2D eigenvalue weighted by molar-refractivity contribution is 0.498. The number of hydrogen-bond donors (Lipinski definition) is 1. The van der Waals surface area contributed by atoms with Crippen LogP contribution < -0.4 is 10.6 Å². The topological polar surface area (TPSA) is 55.0 Å². The van der Waals surface area contributed by atoms with Crippen molar-refractivity contribution in [3.05, 3.63) is 66.5 Å². The maximum atomic E-state index is 14.3. The summed E-state index contributed by atoms with van der Waals surface area (Å²) >= 11 is 0. The Hall–Kier alpha value is -2.79. The Morgan fingerprint density at radius 1 is 0.923 bits per heavy atom. The Labute approximate surface area is 152 Å². The zero-order chi connectivity index (χ0) is 17.9. The molecule has 0 radical (unpaired) electrons. The zero-order valence-corrected chi connectivity index (χ0v) is 14.5. The summed E-state index contributed by atoms with van der Waals surface area (Å²) in [6.45, 7) is 1.70. The Morgan fingerprint density at radius 2 is 1.62 bits per heavy atom. The summed E-state index contributed by atoms with van der Waals surface area (Å²) in [5.74, 6) is 0.919. The van der Waals surface area contributed by atoms with E-state index in [0.717, 1.165) is 43.0 Å². The Morgan fingerprint density at radius 3 is 2.35 bits per heavy atom. The van der Waals surface area contributed by atoms with Crippen molar-refractivity contribution < 1.29 is 4.39 Å². The summed E-state index contributed by atoms with van der Waals surface area (Å²) in [5, 5.41) is 0. The normalized spacial score (nSPS) is 15.2. The SMILES string of the molecule is NC1CCN(c2cc(-c3ccccc3)nc(-c3ccccc3F)n2)CC1. The van der Waals surface area contributed by atoms with Crippen molar-refractivity contribution in [2.24, 2.45) is 5.73 Å². The Balaban J connectivity index is 1.81. The summed E-state index contributed by atoms with van der Waals surface area (Å²) in [7, 11) is 0. The Bertz CT molecular complexity index is 890. The number of piperidine rings is 1. The van der Waals surface area contributed by atoms with E-state index in [1.54, 1.807) is 18.2 Å². The van der Waals surface area contributed by atoms with E-state index in [9.17, 15) is 4.39 Å². The Kier molecular flexibility index (Phi) is 4.63. The first-order valence-corrected chi connectivity index (χ1v) is 8.90. The molecule has 132 valence electrons. The molecule has 26 heavy (non-hydrogen) atoms. The van der Waals surface area contributed by atoms with Crippen molar-refractivity contribution in [1.82, 2.24) is 9.97 Å². The molecular weight excluding hydrogens is 327 g/mol. The van der Waals surface area contributed by atoms with Gasteiger partial charge >= 0.3 is 0 Å². The first-order valence-electron chi connectivity index (χ1n) is 8.90. The predicted octanol–water partition coefficient (Wildman–Crippen LogP) is 3.88. The first-order chi connectivity index (χ1) is 12.7. The summed E-state index contributed by atoms with van der Waals surface area (Å²) in [5.41, 5.74) is 8.23. The number of halogens is 1. The van der Waals surface area contributed by atoms with Gasteiger partial charge in [-0.25, -0.2) is 14.4 Å². The largest absolute Gasteiger partial charge is 0.356 e. The van der Waals surface area contributed by atoms with E-state index in [-0.39, 0.29) is 11.9 Å². The molecule has 0 saturated carbocycles. The maximum absolute atomic E-state index is 14.3. The highest BCUT2D eigenvalue weighted by molar-refractivity contribution is 5.68. The molecule has 0 spiro atoms. The lowest BCUT2D eigenvalue weighted by Crippen LogP contribution is -2.40. The highest BCUT2D eigenvalue weighted by Gasteiger charge is 2.20. The molecule has 1 aliphatic heterocycles. The van der Waals surface area contributed by atoms with Crippen LogP contribution in [0.4, 0.5) is 10.2 Å². The van der Waals surface area contributed by atoms with E-state index in [2.05, 4.69) is 14.9 Å². The van der Waals surface area contributed by atoms with E-state index >= 15 is 0 Å². The number of hydrogen-bond acceptors (Lipinski definition) is 4. The monoisotopic (exact) mass is 348 g/mol. The van der Waals surface area contributed by atoms with Crippen molar-refractivity contribution in [2.45, 2.75) is 18.9 Å². The van der Waals surface area contributed by atoms with E-state index < -0.39 is 0 Å². The van der Waals surface area contributed by atoms with Crippen LogP contribution in [-0.4, -0.2) is 29.1 Å². The minimum atomic E-state index is -0.315. The molecular formula is C21H21FN4. The van der Waals surface area contributed by atoms with Gasteiger partial charge in [-0.1, -0.05) is 42.5 Å². The minimum absolute atomic E-state index is 0.243. The molecule has 1 fully saturated rings. The van der Waals surface area contributed by atoms with Gasteiger partial charge in [0.25, 0.3) is 0 Å². The van der Waals surface area contributed by atoms with Gasteiger partial charge < -0.3 is 10.6 Å². The van der Waals surface area contributed by atoms with E-state index in [0.29, 0.717) is 11.4 Å². The zero-order valence-electron chi connectivity index (χ0n) is 14.5. The molecule has 5 heteroatoms. The van der Waals surface area contributed by atoms with Crippen LogP contribution in [0, 0.1) is 5.82 Å². The molecule has 1 aliphatic rings. The van der Waals surface area contributed by atoms with E-state index in [1.165, 1.54) is 6.07 Å². The van der Waals surface area contributed by atoms with Crippen LogP contribution in [-0.2, 0) is 0 Å². The van der Waals surface area contributed by atoms with Gasteiger partial charge in [0.2, 0.25) is 0 Å². The molecule has 0 aliphatic carbocycles. The number of anilines is 1. The number of nitrogens with two attached hydrogens (primary N) is 1. The second-order valence-electron chi connectivity index (χ2n) is 6.61. The van der Waals surface area contributed by atoms with Gasteiger partial charge in [-0.05, 0) is 25.0 Å². The third-order valence-corrected chi connectivity index (χ3v) is 4.76. The molecule has 0 amide bonds. The van der Waals surface area contributed by atoms with Crippen LogP contribution >= 0.6 is 0 Å². The lowest BCUT2D eigenvalue weighted by atomic mass is 10.1. The number of aromatic nitrogens is 2. The maximum Gasteiger partial charge on any atom is 0.165 e. The van der Waals surface area contributed by atoms with Crippen LogP contribution in [0.15, 0.2) is 60.7 Å². The van der Waals surface area contributed by atoms with Crippen LogP contribution in [0.2, 0.25) is 0 Å². The molecule has 0 atom stereocenters. The van der Waals surface area contributed by atoms with Crippen molar-refractivity contribution in [3.63, 3.8) is 0 Å². The second-order valence-corrected chi connectivity index (χ2v) is 6.61. The molecule has 0 bridgehead atoms. The standard InChI is InChI=1S/C21H21FN4/c22-18-9-5-4-8-17(18)21-24-19(15-6-2-1-3-7-15)14-20(25-21)26-12-10-16(23)11-13-26/h1-9,14,16H,10-13,23H2. The van der Waals surface area contributed by atoms with Crippen molar-refractivity contribution >= 4 is 5.82 Å². The third-order valence-electron chi connectivity index (χ3n) is 4.76. The fraction of sp³-hybridized carbons (Fsp3) is 0.238. The number of rotatable bonds is 3. The summed E-state index contributed by atoms with van der Waals surface area (Å²) in [6, 6.07) is 18.8. The van der Waals surface area contributed by atoms with Crippen LogP contribution in [0.5, 0.6) is 0 Å². The fourth-order valence-electron chi connectivity index (χ4n) is 3.24. The summed E-state index contributed by atoms with van der Waals surface area (Å²) < 4.78 is 14.3. The van der Waals surface area contributed by atoms with Gasteiger partial charge in [-0.3, -0.25) is 0 Å². The average molecular weight is 348 g/mol. The van der Waals surface area contributed by atoms with Crippen LogP contribution in [0.1, 0.15) is 12.8 Å². The molecule has 0 unspecified atom stereocenters. The van der Waals surface area contributed by atoms with Gasteiger partial charge in [0.15, 0.2) is 5.82 Å². The average Bonchev–Trinajstić information content (AvgIpc) is 2.69. The molecule has 3 aromatic rings. The van der Waals surface area contributed by atoms with Crippen LogP contribution in [0.3, 0.4) is 0 Å². The third kappa shape index (κ3) is 3.44. The van der Waals surface area contributed by atoms with Gasteiger partial charge in [-0.15, -0.1) is 0 Å². The molecule has 1 saturated heterocycles. The second kappa shape index (κ2) is 7.22. The summed E-state index contributed by atoms with van der Waals surface area (Å²) in [6.07, 6.45) is 1.86. The van der Waals surface area contributed by atoms with E-state index in [1.807, 2.05) is 36.4 Å². The van der Waals surface area contributed by atoms with Gasteiger partial charge in [0.1, 0.15) is 11.6 Å². The lowest BCUT2D eigenvalue weighted by Gasteiger charge is -2.31. The molecule has 4 rings (SSSR count). The molecule has 2 heterocycles. The van der Waals surface area contributed by atoms with Crippen molar-refractivity contribution in [2.75, 3.05) is 18.0 Å².